The van der Waals surface area contributed by atoms with Gasteiger partial charge < -0.3 is 19.4 Å². The number of hydrogen-bond acceptors (Lipinski definition) is 4. The van der Waals surface area contributed by atoms with Gasteiger partial charge in [-0.15, -0.1) is 0 Å². The van der Waals surface area contributed by atoms with Crippen LogP contribution in [0.2, 0.25) is 0 Å². The number of aromatic nitrogens is 1. The first kappa shape index (κ1) is 18.0. The second-order valence-corrected chi connectivity index (χ2v) is 6.71. The Labute approximate surface area is 140 Å². The first-order chi connectivity index (χ1) is 11.1. The number of H-pyrrole nitrogens is 1. The van der Waals surface area contributed by atoms with Crippen LogP contribution in [0.15, 0.2) is 6.08 Å². The molecule has 0 saturated carbocycles. The number of halogens is 1. The van der Waals surface area contributed by atoms with Crippen LogP contribution in [0.5, 0.6) is 0 Å². The fraction of sp³-hybridized carbons (Fsp3) is 0.529. The zero-order valence-electron chi connectivity index (χ0n) is 14.7. The van der Waals surface area contributed by atoms with E-state index >= 15 is 0 Å². The fourth-order valence-corrected chi connectivity index (χ4v) is 2.55. The molecule has 0 radical (unpaired) electrons. The highest BCUT2D eigenvalue weighted by atomic mass is 19.1. The van der Waals surface area contributed by atoms with Crippen molar-refractivity contribution in [2.24, 2.45) is 0 Å². The van der Waals surface area contributed by atoms with Gasteiger partial charge in [0.25, 0.3) is 0 Å². The van der Waals surface area contributed by atoms with E-state index in [1.165, 1.54) is 7.11 Å². The Balaban J connectivity index is 2.22. The van der Waals surface area contributed by atoms with Crippen molar-refractivity contribution in [3.63, 3.8) is 0 Å². The smallest absolute Gasteiger partial charge is 0.410 e. The van der Waals surface area contributed by atoms with Crippen LogP contribution in [0.4, 0.5) is 9.18 Å². The Kier molecular flexibility index (Phi) is 5.01. The summed E-state index contributed by atoms with van der Waals surface area (Å²) in [6, 6.07) is 0. The summed E-state index contributed by atoms with van der Waals surface area (Å²) in [5.74, 6) is -1.08. The van der Waals surface area contributed by atoms with Gasteiger partial charge in [-0.1, -0.05) is 6.08 Å². The van der Waals surface area contributed by atoms with E-state index in [9.17, 15) is 14.0 Å². The minimum atomic E-state index is -0.618. The molecule has 0 unspecified atom stereocenters. The maximum absolute atomic E-state index is 14.4. The van der Waals surface area contributed by atoms with Crippen LogP contribution in [-0.2, 0) is 9.47 Å². The van der Waals surface area contributed by atoms with Crippen LogP contribution < -0.4 is 0 Å². The molecular weight excluding hydrogens is 315 g/mol. The van der Waals surface area contributed by atoms with Crippen LogP contribution in [0.1, 0.15) is 48.9 Å². The molecule has 1 aliphatic rings. The molecule has 0 aromatic carbocycles. The van der Waals surface area contributed by atoms with Gasteiger partial charge in [-0.2, -0.15) is 0 Å². The largest absolute Gasteiger partial charge is 0.464 e. The fourth-order valence-electron chi connectivity index (χ4n) is 2.55. The molecule has 2 rings (SSSR count). The molecule has 1 N–H and O–H groups in total. The van der Waals surface area contributed by atoms with Crippen molar-refractivity contribution in [2.45, 2.75) is 39.7 Å². The minimum Gasteiger partial charge on any atom is -0.464 e. The predicted octanol–water partition coefficient (Wildman–Crippen LogP) is 3.27. The summed E-state index contributed by atoms with van der Waals surface area (Å²) in [6.45, 7) is 7.66. The normalized spacial score (nSPS) is 15.1. The van der Waals surface area contributed by atoms with Crippen molar-refractivity contribution in [1.82, 2.24) is 9.88 Å². The molecule has 132 valence electrons. The number of nitrogens with one attached hydrogen (secondary N) is 1. The Morgan fingerprint density at radius 1 is 1.33 bits per heavy atom. The van der Waals surface area contributed by atoms with Crippen molar-refractivity contribution in [2.75, 3.05) is 20.2 Å². The van der Waals surface area contributed by atoms with Gasteiger partial charge in [0, 0.05) is 24.3 Å². The lowest BCUT2D eigenvalue weighted by atomic mass is 9.99. The summed E-state index contributed by atoms with van der Waals surface area (Å²) in [7, 11) is 1.25. The third-order valence-corrected chi connectivity index (χ3v) is 3.68. The van der Waals surface area contributed by atoms with Crippen molar-refractivity contribution >= 4 is 17.6 Å². The van der Waals surface area contributed by atoms with Gasteiger partial charge in [-0.3, -0.25) is 0 Å². The minimum absolute atomic E-state index is 0.101. The standard InChI is InChI=1S/C17H23FN2O4/c1-10-13(18)12(14(19-10)15(21)23-5)11-6-8-20(9-7-11)16(22)24-17(2,3)4/h6,19H,7-9H2,1-5H3. The van der Waals surface area contributed by atoms with Crippen LogP contribution in [0.3, 0.4) is 0 Å². The molecule has 1 aromatic rings. The van der Waals surface area contributed by atoms with Gasteiger partial charge in [0.05, 0.1) is 7.11 Å². The van der Waals surface area contributed by atoms with E-state index in [0.29, 0.717) is 25.1 Å². The Hall–Kier alpha value is -2.31. The quantitative estimate of drug-likeness (QED) is 0.840. The lowest BCUT2D eigenvalue weighted by Crippen LogP contribution is -2.39. The van der Waals surface area contributed by atoms with E-state index in [-0.39, 0.29) is 17.0 Å². The topological polar surface area (TPSA) is 71.6 Å². The zero-order valence-corrected chi connectivity index (χ0v) is 14.7. The number of esters is 1. The van der Waals surface area contributed by atoms with Gasteiger partial charge in [0.15, 0.2) is 5.82 Å². The lowest BCUT2D eigenvalue weighted by Gasteiger charge is -2.29. The van der Waals surface area contributed by atoms with Crippen LogP contribution in [-0.4, -0.2) is 47.7 Å². The van der Waals surface area contributed by atoms with Crippen LogP contribution in [0, 0.1) is 12.7 Å². The average molecular weight is 338 g/mol. The SMILES string of the molecule is COC(=O)c1[nH]c(C)c(F)c1C1=CCN(C(=O)OC(C)(C)C)CC1. The molecule has 1 amide bonds. The molecule has 7 heteroatoms. The summed E-state index contributed by atoms with van der Waals surface area (Å²) in [5.41, 5.74) is 0.716. The molecule has 2 heterocycles. The summed E-state index contributed by atoms with van der Waals surface area (Å²) in [4.78, 5) is 28.2. The number of aromatic amines is 1. The second kappa shape index (κ2) is 6.67. The summed E-state index contributed by atoms with van der Waals surface area (Å²) in [5, 5.41) is 0. The number of amides is 1. The van der Waals surface area contributed by atoms with Crippen LogP contribution >= 0.6 is 0 Å². The summed E-state index contributed by atoms with van der Waals surface area (Å²) >= 11 is 0. The van der Waals surface area contributed by atoms with Gasteiger partial charge in [0.2, 0.25) is 0 Å². The highest BCUT2D eigenvalue weighted by Gasteiger charge is 2.28. The molecule has 1 aliphatic heterocycles. The maximum atomic E-state index is 14.4. The van der Waals surface area contributed by atoms with E-state index in [4.69, 9.17) is 9.47 Å². The van der Waals surface area contributed by atoms with Crippen molar-refractivity contribution in [3.05, 3.63) is 28.8 Å². The predicted molar refractivity (Wildman–Crippen MR) is 87.2 cm³/mol. The molecule has 0 spiro atoms. The molecule has 0 atom stereocenters. The van der Waals surface area contributed by atoms with Gasteiger partial charge in [-0.25, -0.2) is 14.0 Å². The summed E-state index contributed by atoms with van der Waals surface area (Å²) < 4.78 is 24.4. The van der Waals surface area contributed by atoms with Gasteiger partial charge in [-0.05, 0) is 39.7 Å². The van der Waals surface area contributed by atoms with Gasteiger partial charge in [0.1, 0.15) is 11.3 Å². The number of methoxy groups -OCH3 is 1. The number of hydrogen-bond donors (Lipinski definition) is 1. The second-order valence-electron chi connectivity index (χ2n) is 6.71. The maximum Gasteiger partial charge on any atom is 0.410 e. The molecule has 0 bridgehead atoms. The number of aryl methyl sites for hydroxylation is 1. The number of ether oxygens (including phenoxy) is 2. The van der Waals surface area contributed by atoms with E-state index in [1.54, 1.807) is 38.7 Å². The third kappa shape index (κ3) is 3.77. The molecule has 6 nitrogen and oxygen atoms in total. The summed E-state index contributed by atoms with van der Waals surface area (Å²) in [6.07, 6.45) is 1.76. The van der Waals surface area contributed by atoms with E-state index in [2.05, 4.69) is 4.98 Å². The van der Waals surface area contributed by atoms with Crippen molar-refractivity contribution < 1.29 is 23.5 Å². The van der Waals surface area contributed by atoms with Crippen molar-refractivity contribution in [1.29, 1.82) is 0 Å². The Morgan fingerprint density at radius 3 is 2.50 bits per heavy atom. The molecule has 1 aromatic heterocycles. The Morgan fingerprint density at radius 2 is 2.00 bits per heavy atom. The molecular formula is C17H23FN2O4. The first-order valence-corrected chi connectivity index (χ1v) is 7.77. The van der Waals surface area contributed by atoms with E-state index in [0.717, 1.165) is 0 Å². The Bertz CT molecular complexity index is 685. The van der Waals surface area contributed by atoms with Gasteiger partial charge >= 0.3 is 12.1 Å². The molecule has 0 aliphatic carbocycles. The van der Waals surface area contributed by atoms with E-state index < -0.39 is 23.5 Å². The molecule has 0 fully saturated rings. The van der Waals surface area contributed by atoms with Crippen molar-refractivity contribution in [3.8, 4) is 0 Å². The zero-order chi connectivity index (χ0) is 18.1. The average Bonchev–Trinajstić information content (AvgIpc) is 2.80. The lowest BCUT2D eigenvalue weighted by molar-refractivity contribution is 0.0270. The van der Waals surface area contributed by atoms with E-state index in [1.807, 2.05) is 0 Å². The highest BCUT2D eigenvalue weighted by Crippen LogP contribution is 2.30. The third-order valence-electron chi connectivity index (χ3n) is 3.68. The monoisotopic (exact) mass is 338 g/mol. The van der Waals surface area contributed by atoms with Crippen LogP contribution in [0.25, 0.3) is 5.57 Å². The number of nitrogens with zero attached hydrogens (tertiary/aromatic N) is 1. The highest BCUT2D eigenvalue weighted by molar-refractivity contribution is 5.94. The number of rotatable bonds is 2. The first-order valence-electron chi connectivity index (χ1n) is 7.77. The number of carbonyl (C=O) groups is 2. The number of carbonyl (C=O) groups excluding carboxylic acids is 2. The molecule has 24 heavy (non-hydrogen) atoms. The molecule has 0 saturated heterocycles.